The van der Waals surface area contributed by atoms with Gasteiger partial charge >= 0.3 is 10.4 Å². The third kappa shape index (κ3) is 12.8. The van der Waals surface area contributed by atoms with Gasteiger partial charge in [0, 0.05) is 11.8 Å². The number of halogens is 1. The van der Waals surface area contributed by atoms with E-state index in [1.807, 2.05) is 0 Å². The van der Waals surface area contributed by atoms with Crippen LogP contribution < -0.4 is 0 Å². The molecule has 0 atom stereocenters. The lowest BCUT2D eigenvalue weighted by atomic mass is 10.7. The van der Waals surface area contributed by atoms with Gasteiger partial charge in [0.2, 0.25) is 0 Å². The van der Waals surface area contributed by atoms with E-state index in [9.17, 15) is 0 Å². The summed E-state index contributed by atoms with van der Waals surface area (Å²) in [5.41, 5.74) is 0. The zero-order chi connectivity index (χ0) is 8.91. The summed E-state index contributed by atoms with van der Waals surface area (Å²) < 4.78 is 33.1. The Balaban J connectivity index is 0.000000187. The van der Waals surface area contributed by atoms with Crippen molar-refractivity contribution in [3.63, 3.8) is 0 Å². The van der Waals surface area contributed by atoms with Crippen molar-refractivity contribution in [2.24, 2.45) is 4.99 Å². The minimum absolute atomic E-state index is 0.851. The van der Waals surface area contributed by atoms with E-state index in [0.29, 0.717) is 0 Å². The quantitative estimate of drug-likeness (QED) is 0.421. The lowest BCUT2D eigenvalue weighted by Crippen LogP contribution is -2.03. The third-order valence-electron chi connectivity index (χ3n) is 0.650. The van der Waals surface area contributed by atoms with Crippen LogP contribution >= 0.6 is 11.8 Å². The van der Waals surface area contributed by atoms with E-state index in [4.69, 9.17) is 29.3 Å². The van der Waals surface area contributed by atoms with Crippen LogP contribution in [0.25, 0.3) is 0 Å². The Labute approximate surface area is 69.2 Å². The average molecular weight is 203 g/mol. The van der Waals surface area contributed by atoms with Crippen molar-refractivity contribution in [2.45, 2.75) is 0 Å². The van der Waals surface area contributed by atoms with E-state index < -0.39 is 10.4 Å². The topological polar surface area (TPSA) is 90.2 Å². The first-order valence-corrected chi connectivity index (χ1v) is 4.25. The Hall–Kier alpha value is -0.370. The first-order chi connectivity index (χ1) is 4.89. The molecule has 0 aromatic heterocycles. The molecule has 0 saturated heterocycles. The molecule has 0 spiro atoms. The Morgan fingerprint density at radius 3 is 2.09 bits per heavy atom. The number of nitrogens with zero attached hydrogens (tertiary/aromatic N) is 2. The first kappa shape index (κ1) is 10.6. The molecule has 1 aliphatic heterocycles. The molecule has 0 amide bonds. The molecule has 1 heterocycles. The number of aliphatic imine (C=N–C) groups is 1. The molecule has 0 aromatic rings. The highest BCUT2D eigenvalue weighted by Gasteiger charge is 1.97. The second kappa shape index (κ2) is 4.50. The molecular weight excluding hydrogens is 196 g/mol. The van der Waals surface area contributed by atoms with E-state index in [2.05, 4.69) is 4.99 Å². The highest BCUT2D eigenvalue weighted by Crippen LogP contribution is 1.93. The molecule has 0 radical (unpaired) electrons. The largest absolute Gasteiger partial charge is 0.394 e. The van der Waals surface area contributed by atoms with Gasteiger partial charge < -0.3 is 0 Å². The summed E-state index contributed by atoms with van der Waals surface area (Å²) in [4.78, 5) is 3.83. The van der Waals surface area contributed by atoms with E-state index in [-0.39, 0.29) is 0 Å². The standard InChI is InChI=1S/C3H5ClN2.H2O4S/c4-6-2-1-5-3-6;1-5(2,3)4/h3H,1-2H2;(H2,1,2,3,4). The second-order valence-electron chi connectivity index (χ2n) is 1.59. The maximum Gasteiger partial charge on any atom is 0.394 e. The molecular formula is C3H7ClN2O4S. The molecule has 8 heteroatoms. The van der Waals surface area contributed by atoms with Gasteiger partial charge in [0.15, 0.2) is 0 Å². The van der Waals surface area contributed by atoms with Gasteiger partial charge in [-0.3, -0.25) is 18.5 Å². The van der Waals surface area contributed by atoms with Crippen molar-refractivity contribution < 1.29 is 17.5 Å². The Morgan fingerprint density at radius 1 is 1.55 bits per heavy atom. The molecule has 6 nitrogen and oxygen atoms in total. The third-order valence-corrected chi connectivity index (χ3v) is 0.906. The predicted molar refractivity (Wildman–Crippen MR) is 40.1 cm³/mol. The zero-order valence-corrected chi connectivity index (χ0v) is 6.96. The van der Waals surface area contributed by atoms with Crippen LogP contribution in [0.2, 0.25) is 0 Å². The van der Waals surface area contributed by atoms with Gasteiger partial charge in [0.05, 0.1) is 19.4 Å². The van der Waals surface area contributed by atoms with Crippen LogP contribution in [0.15, 0.2) is 4.99 Å². The Morgan fingerprint density at radius 2 is 2.00 bits per heavy atom. The van der Waals surface area contributed by atoms with Crippen molar-refractivity contribution in [1.29, 1.82) is 0 Å². The summed E-state index contributed by atoms with van der Waals surface area (Å²) in [6.45, 7) is 1.71. The van der Waals surface area contributed by atoms with Crippen LogP contribution in [0.1, 0.15) is 0 Å². The molecule has 1 rings (SSSR count). The summed E-state index contributed by atoms with van der Waals surface area (Å²) in [5, 5.41) is 0. The minimum Gasteiger partial charge on any atom is -0.274 e. The van der Waals surface area contributed by atoms with Crippen LogP contribution in [0.5, 0.6) is 0 Å². The van der Waals surface area contributed by atoms with Crippen molar-refractivity contribution in [1.82, 2.24) is 4.42 Å². The van der Waals surface area contributed by atoms with Crippen LogP contribution in [0.4, 0.5) is 0 Å². The molecule has 0 aliphatic carbocycles. The fourth-order valence-corrected chi connectivity index (χ4v) is 0.495. The number of hydrogen-bond acceptors (Lipinski definition) is 4. The van der Waals surface area contributed by atoms with E-state index in [1.165, 1.54) is 0 Å². The maximum absolute atomic E-state index is 8.74. The average Bonchev–Trinajstić information content (AvgIpc) is 2.12. The second-order valence-corrected chi connectivity index (χ2v) is 2.92. The van der Waals surface area contributed by atoms with Crippen molar-refractivity contribution >= 4 is 28.5 Å². The van der Waals surface area contributed by atoms with Crippen LogP contribution in [0.3, 0.4) is 0 Å². The van der Waals surface area contributed by atoms with E-state index >= 15 is 0 Å². The Bertz CT molecular complexity index is 217. The fraction of sp³-hybridized carbons (Fsp3) is 0.667. The summed E-state index contributed by atoms with van der Waals surface area (Å²) in [5.74, 6) is 0. The molecule has 2 N–H and O–H groups in total. The van der Waals surface area contributed by atoms with Gasteiger partial charge in [-0.15, -0.1) is 0 Å². The van der Waals surface area contributed by atoms with Gasteiger partial charge in [0.25, 0.3) is 0 Å². The molecule has 0 bridgehead atoms. The highest BCUT2D eigenvalue weighted by atomic mass is 35.5. The lowest BCUT2D eigenvalue weighted by molar-refractivity contribution is 0.381. The Kier molecular flexibility index (Phi) is 4.34. The molecule has 0 fully saturated rings. The van der Waals surface area contributed by atoms with Gasteiger partial charge in [-0.05, 0) is 0 Å². The summed E-state index contributed by atoms with van der Waals surface area (Å²) in [6, 6.07) is 0. The predicted octanol–water partition coefficient (Wildman–Crippen LogP) is -0.169. The normalized spacial score (nSPS) is 16.1. The van der Waals surface area contributed by atoms with E-state index in [1.54, 1.807) is 10.8 Å². The van der Waals surface area contributed by atoms with Gasteiger partial charge in [-0.2, -0.15) is 8.42 Å². The van der Waals surface area contributed by atoms with Gasteiger partial charge in [-0.1, -0.05) is 0 Å². The van der Waals surface area contributed by atoms with Gasteiger partial charge in [0.1, 0.15) is 0 Å². The van der Waals surface area contributed by atoms with Gasteiger partial charge in [-0.25, -0.2) is 0 Å². The molecule has 1 aliphatic rings. The molecule has 11 heavy (non-hydrogen) atoms. The molecule has 0 unspecified atom stereocenters. The molecule has 0 aromatic carbocycles. The monoisotopic (exact) mass is 202 g/mol. The van der Waals surface area contributed by atoms with E-state index in [0.717, 1.165) is 13.1 Å². The zero-order valence-electron chi connectivity index (χ0n) is 5.38. The van der Waals surface area contributed by atoms with Crippen molar-refractivity contribution in [3.8, 4) is 0 Å². The smallest absolute Gasteiger partial charge is 0.274 e. The SMILES string of the molecule is ClN1C=NCC1.O=S(=O)(O)O. The molecule has 0 saturated carbocycles. The fourth-order valence-electron chi connectivity index (χ4n) is 0.357. The summed E-state index contributed by atoms with van der Waals surface area (Å²) in [7, 11) is -4.67. The van der Waals surface area contributed by atoms with Crippen molar-refractivity contribution in [3.05, 3.63) is 0 Å². The molecule has 66 valence electrons. The van der Waals surface area contributed by atoms with Crippen LogP contribution in [0, 0.1) is 0 Å². The number of hydrogen-bond donors (Lipinski definition) is 2. The van der Waals surface area contributed by atoms with Crippen LogP contribution in [-0.2, 0) is 10.4 Å². The summed E-state index contributed by atoms with van der Waals surface area (Å²) >= 11 is 5.40. The maximum atomic E-state index is 8.74. The lowest BCUT2D eigenvalue weighted by Gasteiger charge is -1.94. The first-order valence-electron chi connectivity index (χ1n) is 2.52. The summed E-state index contributed by atoms with van der Waals surface area (Å²) in [6.07, 6.45) is 1.63. The van der Waals surface area contributed by atoms with Crippen molar-refractivity contribution in [2.75, 3.05) is 13.1 Å². The highest BCUT2D eigenvalue weighted by molar-refractivity contribution is 7.79. The minimum atomic E-state index is -4.67. The number of rotatable bonds is 0. The van der Waals surface area contributed by atoms with Crippen LogP contribution in [-0.4, -0.2) is 41.4 Å².